The van der Waals surface area contributed by atoms with Crippen molar-refractivity contribution in [1.82, 2.24) is 10.2 Å². The van der Waals surface area contributed by atoms with Gasteiger partial charge in [-0.15, -0.1) is 0 Å². The van der Waals surface area contributed by atoms with E-state index < -0.39 is 0 Å². The Morgan fingerprint density at radius 1 is 1.05 bits per heavy atom. The Labute approximate surface area is 136 Å². The molecular formula is C19H34N2O. The minimum Gasteiger partial charge on any atom is -0.315 e. The number of hydrogen-bond acceptors (Lipinski definition) is 3. The Morgan fingerprint density at radius 2 is 1.59 bits per heavy atom. The standard InChI is InChI=1S/C19H34N2O/c1-15(2,3)14(22)13-9-18(12-21(13)16(4,5)6)17(7,8)19(18)10-20-11-19/h13,20H,9-12H2,1-8H3/t13?,18-/m1/s1. The van der Waals surface area contributed by atoms with Crippen LogP contribution in [0.4, 0.5) is 0 Å². The molecule has 0 bridgehead atoms. The average molecular weight is 306 g/mol. The van der Waals surface area contributed by atoms with Gasteiger partial charge in [0.15, 0.2) is 5.78 Å². The number of hydrogen-bond donors (Lipinski definition) is 1. The minimum atomic E-state index is -0.260. The minimum absolute atomic E-state index is 0.0477. The maximum atomic E-state index is 13.1. The first-order valence-corrected chi connectivity index (χ1v) is 8.82. The number of Topliss-reactive ketones (excluding diaryl/α,β-unsaturated/α-hetero) is 1. The van der Waals surface area contributed by atoms with E-state index in [1.807, 2.05) is 0 Å². The van der Waals surface area contributed by atoms with Crippen LogP contribution in [0, 0.1) is 21.7 Å². The van der Waals surface area contributed by atoms with E-state index in [0.29, 0.717) is 22.0 Å². The van der Waals surface area contributed by atoms with Gasteiger partial charge in [-0.3, -0.25) is 9.69 Å². The third-order valence-corrected chi connectivity index (χ3v) is 7.36. The lowest BCUT2D eigenvalue weighted by atomic mass is 9.81. The van der Waals surface area contributed by atoms with Crippen molar-refractivity contribution >= 4 is 5.78 Å². The van der Waals surface area contributed by atoms with E-state index in [1.165, 1.54) is 0 Å². The van der Waals surface area contributed by atoms with Crippen LogP contribution in [0.2, 0.25) is 0 Å². The molecule has 2 atom stereocenters. The number of carbonyl (C=O) groups is 1. The fourth-order valence-electron chi connectivity index (χ4n) is 5.56. The predicted octanol–water partition coefficient (Wildman–Crippen LogP) is 3.09. The van der Waals surface area contributed by atoms with Crippen molar-refractivity contribution in [3.05, 3.63) is 0 Å². The average Bonchev–Trinajstić information content (AvgIpc) is 2.58. The van der Waals surface area contributed by atoms with Crippen LogP contribution in [0.15, 0.2) is 0 Å². The van der Waals surface area contributed by atoms with Crippen LogP contribution in [0.25, 0.3) is 0 Å². The first-order chi connectivity index (χ1) is 9.80. The van der Waals surface area contributed by atoms with Crippen LogP contribution < -0.4 is 5.32 Å². The zero-order valence-electron chi connectivity index (χ0n) is 15.8. The van der Waals surface area contributed by atoms with Gasteiger partial charge >= 0.3 is 0 Å². The topological polar surface area (TPSA) is 32.3 Å². The molecule has 2 spiro atoms. The molecule has 3 fully saturated rings. The van der Waals surface area contributed by atoms with Gasteiger partial charge in [0.1, 0.15) is 0 Å². The fourth-order valence-corrected chi connectivity index (χ4v) is 5.56. The lowest BCUT2D eigenvalue weighted by molar-refractivity contribution is -0.132. The molecule has 2 aliphatic heterocycles. The number of rotatable bonds is 1. The molecular weight excluding hydrogens is 272 g/mol. The molecule has 2 saturated heterocycles. The summed E-state index contributed by atoms with van der Waals surface area (Å²) in [6.07, 6.45) is 1.05. The lowest BCUT2D eigenvalue weighted by Gasteiger charge is -2.38. The normalized spacial score (nSPS) is 36.6. The summed E-state index contributed by atoms with van der Waals surface area (Å²) >= 11 is 0. The molecule has 2 heterocycles. The summed E-state index contributed by atoms with van der Waals surface area (Å²) in [4.78, 5) is 15.6. The van der Waals surface area contributed by atoms with Crippen molar-refractivity contribution in [2.24, 2.45) is 21.7 Å². The first kappa shape index (κ1) is 16.4. The highest BCUT2D eigenvalue weighted by molar-refractivity contribution is 5.89. The molecule has 3 heteroatoms. The van der Waals surface area contributed by atoms with E-state index in [4.69, 9.17) is 0 Å². The third kappa shape index (κ3) is 1.73. The molecule has 0 radical (unpaired) electrons. The summed E-state index contributed by atoms with van der Waals surface area (Å²) in [6.45, 7) is 21.2. The molecule has 126 valence electrons. The van der Waals surface area contributed by atoms with Gasteiger partial charge in [0.05, 0.1) is 6.04 Å². The van der Waals surface area contributed by atoms with Gasteiger partial charge in [-0.25, -0.2) is 0 Å². The van der Waals surface area contributed by atoms with Crippen molar-refractivity contribution in [1.29, 1.82) is 0 Å². The van der Waals surface area contributed by atoms with Gasteiger partial charge in [-0.05, 0) is 38.0 Å². The highest BCUT2D eigenvalue weighted by Crippen LogP contribution is 2.83. The summed E-state index contributed by atoms with van der Waals surface area (Å²) in [7, 11) is 0. The van der Waals surface area contributed by atoms with Crippen molar-refractivity contribution in [3.8, 4) is 0 Å². The van der Waals surface area contributed by atoms with E-state index >= 15 is 0 Å². The van der Waals surface area contributed by atoms with Crippen LogP contribution in [-0.4, -0.2) is 41.9 Å². The van der Waals surface area contributed by atoms with Gasteiger partial charge in [0.25, 0.3) is 0 Å². The summed E-state index contributed by atoms with van der Waals surface area (Å²) in [5.74, 6) is 0.421. The highest BCUT2D eigenvalue weighted by Gasteiger charge is 2.85. The zero-order valence-corrected chi connectivity index (χ0v) is 15.8. The van der Waals surface area contributed by atoms with Crippen LogP contribution in [0.1, 0.15) is 61.8 Å². The molecule has 1 N–H and O–H groups in total. The van der Waals surface area contributed by atoms with E-state index in [0.717, 1.165) is 26.1 Å². The summed E-state index contributed by atoms with van der Waals surface area (Å²) < 4.78 is 0. The van der Waals surface area contributed by atoms with Gasteiger partial charge in [-0.1, -0.05) is 34.6 Å². The van der Waals surface area contributed by atoms with Gasteiger partial charge in [0.2, 0.25) is 0 Å². The SMILES string of the molecule is CC(C)(C)C(=O)C1C[C@@]2(CN1C(C)(C)C)C(C)(C)C21CNC1. The fraction of sp³-hybridized carbons (Fsp3) is 0.947. The summed E-state index contributed by atoms with van der Waals surface area (Å²) in [5.41, 5.74) is 0.887. The Kier molecular flexibility index (Phi) is 3.11. The predicted molar refractivity (Wildman–Crippen MR) is 90.8 cm³/mol. The molecule has 22 heavy (non-hydrogen) atoms. The smallest absolute Gasteiger partial charge is 0.155 e. The van der Waals surface area contributed by atoms with E-state index in [-0.39, 0.29) is 17.0 Å². The number of nitrogens with zero attached hydrogens (tertiary/aromatic N) is 1. The lowest BCUT2D eigenvalue weighted by Crippen LogP contribution is -2.51. The van der Waals surface area contributed by atoms with E-state index in [2.05, 4.69) is 65.6 Å². The van der Waals surface area contributed by atoms with Crippen molar-refractivity contribution in [3.63, 3.8) is 0 Å². The quantitative estimate of drug-likeness (QED) is 0.808. The second-order valence-electron chi connectivity index (χ2n) is 10.5. The molecule has 1 aliphatic carbocycles. The van der Waals surface area contributed by atoms with Crippen LogP contribution in [-0.2, 0) is 4.79 Å². The molecule has 3 aliphatic rings. The third-order valence-electron chi connectivity index (χ3n) is 7.36. The van der Waals surface area contributed by atoms with Crippen molar-refractivity contribution < 1.29 is 4.79 Å². The van der Waals surface area contributed by atoms with Gasteiger partial charge in [-0.2, -0.15) is 0 Å². The maximum absolute atomic E-state index is 13.1. The summed E-state index contributed by atoms with van der Waals surface area (Å²) in [5, 5.41) is 3.50. The Morgan fingerprint density at radius 3 is 1.91 bits per heavy atom. The second kappa shape index (κ2) is 4.16. The van der Waals surface area contributed by atoms with E-state index in [1.54, 1.807) is 0 Å². The monoisotopic (exact) mass is 306 g/mol. The molecule has 0 aromatic carbocycles. The number of fused-ring (bicyclic) bond motifs is 1. The van der Waals surface area contributed by atoms with Crippen LogP contribution >= 0.6 is 0 Å². The first-order valence-electron chi connectivity index (χ1n) is 8.82. The van der Waals surface area contributed by atoms with Gasteiger partial charge in [0, 0.05) is 36.0 Å². The Hall–Kier alpha value is -0.410. The van der Waals surface area contributed by atoms with Crippen LogP contribution in [0.3, 0.4) is 0 Å². The highest BCUT2D eigenvalue weighted by atomic mass is 16.1. The molecule has 3 rings (SSSR count). The molecule has 1 unspecified atom stereocenters. The van der Waals surface area contributed by atoms with Crippen molar-refractivity contribution in [2.75, 3.05) is 19.6 Å². The molecule has 0 aromatic rings. The number of nitrogens with one attached hydrogen (secondary N) is 1. The molecule has 3 nitrogen and oxygen atoms in total. The number of likely N-dealkylation sites (tertiary alicyclic amines) is 1. The molecule has 0 aromatic heterocycles. The largest absolute Gasteiger partial charge is 0.315 e. The second-order valence-corrected chi connectivity index (χ2v) is 10.5. The van der Waals surface area contributed by atoms with E-state index in [9.17, 15) is 4.79 Å². The maximum Gasteiger partial charge on any atom is 0.155 e. The summed E-state index contributed by atoms with van der Waals surface area (Å²) in [6, 6.07) is 0.0826. The molecule has 0 amide bonds. The zero-order chi connectivity index (χ0) is 16.8. The number of ketones is 1. The molecule has 1 saturated carbocycles. The van der Waals surface area contributed by atoms with Crippen LogP contribution in [0.5, 0.6) is 0 Å². The van der Waals surface area contributed by atoms with Gasteiger partial charge < -0.3 is 5.32 Å². The Balaban J connectivity index is 1.96. The Bertz CT molecular complexity index is 505. The number of carbonyl (C=O) groups excluding carboxylic acids is 1. The van der Waals surface area contributed by atoms with Crippen molar-refractivity contribution in [2.45, 2.75) is 73.4 Å².